The molecule has 0 aliphatic carbocycles. The third-order valence-electron chi connectivity index (χ3n) is 4.31. The van der Waals surface area contributed by atoms with E-state index >= 15 is 0 Å². The van der Waals surface area contributed by atoms with Gasteiger partial charge in [0.05, 0.1) is 0 Å². The zero-order valence-corrected chi connectivity index (χ0v) is 14.4. The number of fused-ring (bicyclic) bond motifs is 1. The molecule has 1 aromatic carbocycles. The zero-order chi connectivity index (χ0) is 14.5. The Morgan fingerprint density at radius 1 is 1.30 bits per heavy atom. The van der Waals surface area contributed by atoms with Crippen LogP contribution in [0, 0.1) is 5.92 Å². The Morgan fingerprint density at radius 3 is 2.70 bits per heavy atom. The second-order valence-electron chi connectivity index (χ2n) is 5.66. The number of benzene rings is 1. The molecule has 0 amide bonds. The van der Waals surface area contributed by atoms with Crippen molar-refractivity contribution in [1.29, 1.82) is 0 Å². The molecule has 2 rings (SSSR count). The van der Waals surface area contributed by atoms with Crippen LogP contribution < -0.4 is 10.1 Å². The van der Waals surface area contributed by atoms with Gasteiger partial charge in [-0.15, -0.1) is 0 Å². The molecule has 2 unspecified atom stereocenters. The quantitative estimate of drug-likeness (QED) is 0.780. The minimum atomic E-state index is 0.341. The summed E-state index contributed by atoms with van der Waals surface area (Å²) < 4.78 is 7.41. The molecule has 3 heteroatoms. The van der Waals surface area contributed by atoms with Gasteiger partial charge in [0, 0.05) is 22.5 Å². The highest BCUT2D eigenvalue weighted by molar-refractivity contribution is 9.10. The van der Waals surface area contributed by atoms with Crippen molar-refractivity contribution in [2.45, 2.75) is 58.6 Å². The summed E-state index contributed by atoms with van der Waals surface area (Å²) in [5.74, 6) is 1.71. The lowest BCUT2D eigenvalue weighted by molar-refractivity contribution is 0.0879. The van der Waals surface area contributed by atoms with E-state index in [4.69, 9.17) is 4.74 Å². The number of hydrogen-bond acceptors (Lipinski definition) is 2. The van der Waals surface area contributed by atoms with Crippen LogP contribution >= 0.6 is 15.9 Å². The Hall–Kier alpha value is -0.540. The van der Waals surface area contributed by atoms with Gasteiger partial charge in [0.25, 0.3) is 0 Å². The third kappa shape index (κ3) is 3.56. The molecule has 1 aliphatic rings. The van der Waals surface area contributed by atoms with Crippen molar-refractivity contribution in [3.8, 4) is 5.75 Å². The summed E-state index contributed by atoms with van der Waals surface area (Å²) >= 11 is 3.57. The predicted octanol–water partition coefficient (Wildman–Crippen LogP) is 5.08. The molecule has 112 valence electrons. The first-order chi connectivity index (χ1) is 9.69. The standard InChI is InChI=1S/C17H26BrNO/c1-4-9-19-15-11-17(12(5-2)6-3)20-16-8-7-13(18)10-14(15)16/h7-8,10,12,15,17,19H,4-6,9,11H2,1-3H3. The van der Waals surface area contributed by atoms with E-state index in [-0.39, 0.29) is 0 Å². The highest BCUT2D eigenvalue weighted by Gasteiger charge is 2.31. The molecular weight excluding hydrogens is 314 g/mol. The van der Waals surface area contributed by atoms with E-state index in [1.165, 1.54) is 18.4 Å². The van der Waals surface area contributed by atoms with Gasteiger partial charge in [0.15, 0.2) is 0 Å². The van der Waals surface area contributed by atoms with E-state index in [9.17, 15) is 0 Å². The van der Waals surface area contributed by atoms with Crippen molar-refractivity contribution >= 4 is 15.9 Å². The number of rotatable bonds is 6. The summed E-state index contributed by atoms with van der Waals surface area (Å²) in [6.45, 7) is 7.81. The molecular formula is C17H26BrNO. The van der Waals surface area contributed by atoms with Crippen LogP contribution in [0.25, 0.3) is 0 Å². The van der Waals surface area contributed by atoms with Crippen molar-refractivity contribution in [2.75, 3.05) is 6.54 Å². The maximum absolute atomic E-state index is 6.28. The highest BCUT2D eigenvalue weighted by atomic mass is 79.9. The Labute approximate surface area is 131 Å². The molecule has 1 aliphatic heterocycles. The Morgan fingerprint density at radius 2 is 2.05 bits per heavy atom. The molecule has 0 radical (unpaired) electrons. The highest BCUT2D eigenvalue weighted by Crippen LogP contribution is 2.39. The summed E-state index contributed by atoms with van der Waals surface area (Å²) in [7, 11) is 0. The minimum Gasteiger partial charge on any atom is -0.490 e. The minimum absolute atomic E-state index is 0.341. The molecule has 0 spiro atoms. The van der Waals surface area contributed by atoms with Crippen LogP contribution in [-0.2, 0) is 0 Å². The van der Waals surface area contributed by atoms with E-state index in [1.54, 1.807) is 0 Å². The van der Waals surface area contributed by atoms with Gasteiger partial charge in [-0.25, -0.2) is 0 Å². The van der Waals surface area contributed by atoms with E-state index < -0.39 is 0 Å². The van der Waals surface area contributed by atoms with Crippen LogP contribution in [-0.4, -0.2) is 12.6 Å². The molecule has 0 bridgehead atoms. The lowest BCUT2D eigenvalue weighted by atomic mass is 9.87. The fourth-order valence-electron chi connectivity index (χ4n) is 3.08. The van der Waals surface area contributed by atoms with Crippen LogP contribution in [0.15, 0.2) is 22.7 Å². The van der Waals surface area contributed by atoms with Gasteiger partial charge >= 0.3 is 0 Å². The normalized spacial score (nSPS) is 21.6. The van der Waals surface area contributed by atoms with Crippen molar-refractivity contribution < 1.29 is 4.74 Å². The van der Waals surface area contributed by atoms with Crippen molar-refractivity contribution in [3.63, 3.8) is 0 Å². The zero-order valence-electron chi connectivity index (χ0n) is 12.8. The molecule has 0 saturated carbocycles. The Kier molecular flexibility index (Phi) is 5.91. The van der Waals surface area contributed by atoms with E-state index in [0.717, 1.165) is 29.6 Å². The average Bonchev–Trinajstić information content (AvgIpc) is 2.46. The Balaban J connectivity index is 2.24. The molecule has 2 atom stereocenters. The number of nitrogens with one attached hydrogen (secondary N) is 1. The van der Waals surface area contributed by atoms with Gasteiger partial charge < -0.3 is 10.1 Å². The second kappa shape index (κ2) is 7.46. The molecule has 1 N–H and O–H groups in total. The van der Waals surface area contributed by atoms with Crippen LogP contribution in [0.3, 0.4) is 0 Å². The van der Waals surface area contributed by atoms with E-state index in [2.05, 4.69) is 60.2 Å². The molecule has 1 heterocycles. The topological polar surface area (TPSA) is 21.3 Å². The van der Waals surface area contributed by atoms with Gasteiger partial charge in [-0.1, -0.05) is 36.7 Å². The molecule has 0 aromatic heterocycles. The summed E-state index contributed by atoms with van der Waals surface area (Å²) in [6, 6.07) is 6.80. The first kappa shape index (κ1) is 15.8. The monoisotopic (exact) mass is 339 g/mol. The molecule has 1 aromatic rings. The van der Waals surface area contributed by atoms with Gasteiger partial charge in [-0.3, -0.25) is 0 Å². The first-order valence-corrected chi connectivity index (χ1v) is 8.68. The second-order valence-corrected chi connectivity index (χ2v) is 6.57. The largest absolute Gasteiger partial charge is 0.490 e. The smallest absolute Gasteiger partial charge is 0.124 e. The van der Waals surface area contributed by atoms with Gasteiger partial charge in [-0.2, -0.15) is 0 Å². The third-order valence-corrected chi connectivity index (χ3v) is 4.80. The van der Waals surface area contributed by atoms with Crippen molar-refractivity contribution in [2.24, 2.45) is 5.92 Å². The molecule has 2 nitrogen and oxygen atoms in total. The summed E-state index contributed by atoms with van der Waals surface area (Å²) in [6.07, 6.45) is 4.96. The molecule has 0 fully saturated rings. The van der Waals surface area contributed by atoms with Gasteiger partial charge in [0.2, 0.25) is 0 Å². The predicted molar refractivity (Wildman–Crippen MR) is 88.3 cm³/mol. The Bertz CT molecular complexity index is 431. The van der Waals surface area contributed by atoms with Gasteiger partial charge in [-0.05, 0) is 49.9 Å². The van der Waals surface area contributed by atoms with Crippen molar-refractivity contribution in [3.05, 3.63) is 28.2 Å². The molecule has 20 heavy (non-hydrogen) atoms. The van der Waals surface area contributed by atoms with E-state index in [1.807, 2.05) is 0 Å². The van der Waals surface area contributed by atoms with Gasteiger partial charge in [0.1, 0.15) is 11.9 Å². The molecule has 0 saturated heterocycles. The van der Waals surface area contributed by atoms with Crippen LogP contribution in [0.5, 0.6) is 5.75 Å². The number of halogens is 1. The number of hydrogen-bond donors (Lipinski definition) is 1. The lowest BCUT2D eigenvalue weighted by Crippen LogP contribution is -2.37. The van der Waals surface area contributed by atoms with Crippen molar-refractivity contribution in [1.82, 2.24) is 5.32 Å². The van der Waals surface area contributed by atoms with E-state index in [0.29, 0.717) is 18.1 Å². The summed E-state index contributed by atoms with van der Waals surface area (Å²) in [4.78, 5) is 0. The number of ether oxygens (including phenoxy) is 1. The van der Waals surface area contributed by atoms with Crippen LogP contribution in [0.1, 0.15) is 58.1 Å². The fourth-order valence-corrected chi connectivity index (χ4v) is 3.46. The average molecular weight is 340 g/mol. The summed E-state index contributed by atoms with van der Waals surface area (Å²) in [5, 5.41) is 3.69. The van der Waals surface area contributed by atoms with Crippen LogP contribution in [0.2, 0.25) is 0 Å². The maximum atomic E-state index is 6.28. The SMILES string of the molecule is CCCNC1CC(C(CC)CC)Oc2ccc(Br)cc21. The van der Waals surface area contributed by atoms with Crippen LogP contribution in [0.4, 0.5) is 0 Å². The lowest BCUT2D eigenvalue weighted by Gasteiger charge is -2.36. The maximum Gasteiger partial charge on any atom is 0.124 e. The first-order valence-electron chi connectivity index (χ1n) is 7.89. The summed E-state index contributed by atoms with van der Waals surface area (Å²) in [5.41, 5.74) is 1.30. The fraction of sp³-hybridized carbons (Fsp3) is 0.647.